The largest absolute Gasteiger partial charge is 0.399 e. The second kappa shape index (κ2) is 5.00. The predicted molar refractivity (Wildman–Crippen MR) is 80.3 cm³/mol. The number of piperidine rings is 1. The number of hydrogen-bond donors (Lipinski definition) is 2. The maximum atomic E-state index is 11.6. The smallest absolute Gasteiger partial charge is 0.240 e. The van der Waals surface area contributed by atoms with Crippen LogP contribution in [-0.2, 0) is 4.79 Å². The van der Waals surface area contributed by atoms with E-state index in [1.807, 2.05) is 35.2 Å². The lowest BCUT2D eigenvalue weighted by Gasteiger charge is -2.34. The van der Waals surface area contributed by atoms with E-state index in [2.05, 4.69) is 4.98 Å². The van der Waals surface area contributed by atoms with Crippen molar-refractivity contribution in [2.24, 2.45) is 5.73 Å². The number of anilines is 2. The van der Waals surface area contributed by atoms with Gasteiger partial charge in [-0.25, -0.2) is 4.98 Å². The summed E-state index contributed by atoms with van der Waals surface area (Å²) in [5, 5.41) is 1.00. The summed E-state index contributed by atoms with van der Waals surface area (Å²) >= 11 is 0. The van der Waals surface area contributed by atoms with Crippen molar-refractivity contribution in [2.45, 2.75) is 25.3 Å². The van der Waals surface area contributed by atoms with E-state index < -0.39 is 0 Å². The summed E-state index contributed by atoms with van der Waals surface area (Å²) in [5.41, 5.74) is 12.9. The second-order valence-electron chi connectivity index (χ2n) is 5.23. The van der Waals surface area contributed by atoms with E-state index in [0.29, 0.717) is 0 Å². The number of carbonyl (C=O) groups is 1. The van der Waals surface area contributed by atoms with Crippen LogP contribution in [0.1, 0.15) is 19.3 Å². The molecule has 2 aromatic rings. The third kappa shape index (κ3) is 2.27. The Morgan fingerprint density at radius 2 is 2.10 bits per heavy atom. The minimum absolute atomic E-state index is 0.248. The Morgan fingerprint density at radius 3 is 2.90 bits per heavy atom. The molecule has 1 aromatic heterocycles. The number of fused-ring (bicyclic) bond motifs is 1. The van der Waals surface area contributed by atoms with E-state index >= 15 is 0 Å². The van der Waals surface area contributed by atoms with Crippen LogP contribution in [-0.4, -0.2) is 23.5 Å². The minimum atomic E-state index is -0.274. The monoisotopic (exact) mass is 270 g/mol. The first-order valence-electron chi connectivity index (χ1n) is 6.87. The van der Waals surface area contributed by atoms with Crippen LogP contribution in [0.3, 0.4) is 0 Å². The van der Waals surface area contributed by atoms with Crippen LogP contribution < -0.4 is 16.4 Å². The third-order valence-corrected chi connectivity index (χ3v) is 3.82. The van der Waals surface area contributed by atoms with Crippen molar-refractivity contribution in [3.8, 4) is 0 Å². The second-order valence-corrected chi connectivity index (χ2v) is 5.23. The van der Waals surface area contributed by atoms with Crippen molar-refractivity contribution in [1.82, 2.24) is 4.98 Å². The first kappa shape index (κ1) is 12.7. The number of hydrogen-bond acceptors (Lipinski definition) is 4. The highest BCUT2D eigenvalue weighted by Crippen LogP contribution is 2.25. The summed E-state index contributed by atoms with van der Waals surface area (Å²) in [6.45, 7) is 0.821. The highest BCUT2D eigenvalue weighted by molar-refractivity contribution is 5.86. The van der Waals surface area contributed by atoms with Gasteiger partial charge in [-0.15, -0.1) is 0 Å². The molecule has 0 aliphatic carbocycles. The maximum Gasteiger partial charge on any atom is 0.240 e. The number of rotatable bonds is 2. The highest BCUT2D eigenvalue weighted by atomic mass is 16.1. The molecule has 20 heavy (non-hydrogen) atoms. The van der Waals surface area contributed by atoms with E-state index in [-0.39, 0.29) is 11.9 Å². The SMILES string of the molecule is NC(=O)C1CCCCN1c1ccc2cc(N)ccc2n1. The molecule has 4 N–H and O–H groups in total. The van der Waals surface area contributed by atoms with Crippen molar-refractivity contribution < 1.29 is 4.79 Å². The van der Waals surface area contributed by atoms with Crippen LogP contribution in [0.25, 0.3) is 10.9 Å². The van der Waals surface area contributed by atoms with Gasteiger partial charge in [0, 0.05) is 17.6 Å². The summed E-state index contributed by atoms with van der Waals surface area (Å²) in [5.74, 6) is 0.537. The standard InChI is InChI=1S/C15H18N4O/c16-11-5-6-12-10(9-11)4-7-14(18-12)19-8-2-1-3-13(19)15(17)20/h4-7,9,13H,1-3,8,16H2,(H2,17,20). The Morgan fingerprint density at radius 1 is 1.25 bits per heavy atom. The van der Waals surface area contributed by atoms with Crippen molar-refractivity contribution in [3.63, 3.8) is 0 Å². The quantitative estimate of drug-likeness (QED) is 0.813. The lowest BCUT2D eigenvalue weighted by molar-refractivity contribution is -0.119. The summed E-state index contributed by atoms with van der Waals surface area (Å²) in [4.78, 5) is 18.2. The number of nitrogen functional groups attached to an aromatic ring is 1. The number of benzene rings is 1. The molecule has 1 unspecified atom stereocenters. The van der Waals surface area contributed by atoms with Crippen LogP contribution in [0.4, 0.5) is 11.5 Å². The molecule has 1 fully saturated rings. The molecular formula is C15H18N4O. The van der Waals surface area contributed by atoms with Gasteiger partial charge in [-0.05, 0) is 49.6 Å². The number of primary amides is 1. The molecule has 5 nitrogen and oxygen atoms in total. The number of aromatic nitrogens is 1. The molecule has 3 rings (SSSR count). The molecule has 1 aliphatic heterocycles. The van der Waals surface area contributed by atoms with E-state index in [9.17, 15) is 4.79 Å². The van der Waals surface area contributed by atoms with Crippen LogP contribution in [0.15, 0.2) is 30.3 Å². The molecule has 1 aliphatic rings. The molecule has 0 spiro atoms. The Bertz CT molecular complexity index is 655. The first-order chi connectivity index (χ1) is 9.65. The van der Waals surface area contributed by atoms with Crippen molar-refractivity contribution in [2.75, 3.05) is 17.2 Å². The average Bonchev–Trinajstić information content (AvgIpc) is 2.46. The van der Waals surface area contributed by atoms with Gasteiger partial charge in [0.25, 0.3) is 0 Å². The first-order valence-corrected chi connectivity index (χ1v) is 6.87. The van der Waals surface area contributed by atoms with Crippen LogP contribution in [0, 0.1) is 0 Å². The van der Waals surface area contributed by atoms with E-state index in [1.165, 1.54) is 0 Å². The lowest BCUT2D eigenvalue weighted by Crippen LogP contribution is -2.48. The third-order valence-electron chi connectivity index (χ3n) is 3.82. The Hall–Kier alpha value is -2.30. The fourth-order valence-electron chi connectivity index (χ4n) is 2.79. The topological polar surface area (TPSA) is 85.2 Å². The minimum Gasteiger partial charge on any atom is -0.399 e. The number of amides is 1. The number of nitrogens with zero attached hydrogens (tertiary/aromatic N) is 2. The summed E-state index contributed by atoms with van der Waals surface area (Å²) in [7, 11) is 0. The zero-order valence-electron chi connectivity index (χ0n) is 11.2. The van der Waals surface area contributed by atoms with Crippen molar-refractivity contribution in [1.29, 1.82) is 0 Å². The molecular weight excluding hydrogens is 252 g/mol. The van der Waals surface area contributed by atoms with Crippen LogP contribution in [0.5, 0.6) is 0 Å². The zero-order valence-corrected chi connectivity index (χ0v) is 11.2. The van der Waals surface area contributed by atoms with Crippen LogP contribution >= 0.6 is 0 Å². The fourth-order valence-corrected chi connectivity index (χ4v) is 2.79. The Balaban J connectivity index is 2.00. The Kier molecular flexibility index (Phi) is 3.18. The van der Waals surface area contributed by atoms with Gasteiger partial charge in [0.15, 0.2) is 0 Å². The lowest BCUT2D eigenvalue weighted by atomic mass is 10.0. The Labute approximate surface area is 117 Å². The van der Waals surface area contributed by atoms with Gasteiger partial charge in [-0.2, -0.15) is 0 Å². The molecule has 1 amide bonds. The van der Waals surface area contributed by atoms with Gasteiger partial charge in [0.2, 0.25) is 5.91 Å². The predicted octanol–water partition coefficient (Wildman–Crippen LogP) is 1.66. The molecule has 5 heteroatoms. The molecule has 2 heterocycles. The molecule has 1 saturated heterocycles. The summed E-state index contributed by atoms with van der Waals surface area (Å²) in [6, 6.07) is 9.30. The zero-order chi connectivity index (χ0) is 14.1. The van der Waals surface area contributed by atoms with Gasteiger partial charge in [-0.3, -0.25) is 4.79 Å². The fraction of sp³-hybridized carbons (Fsp3) is 0.333. The van der Waals surface area contributed by atoms with Gasteiger partial charge in [0.05, 0.1) is 5.52 Å². The van der Waals surface area contributed by atoms with E-state index in [4.69, 9.17) is 11.5 Å². The highest BCUT2D eigenvalue weighted by Gasteiger charge is 2.27. The molecule has 0 saturated carbocycles. The number of nitrogens with two attached hydrogens (primary N) is 2. The van der Waals surface area contributed by atoms with Crippen molar-refractivity contribution in [3.05, 3.63) is 30.3 Å². The number of pyridine rings is 1. The van der Waals surface area contributed by atoms with Gasteiger partial charge < -0.3 is 16.4 Å². The van der Waals surface area contributed by atoms with Crippen LogP contribution in [0.2, 0.25) is 0 Å². The normalized spacial score (nSPS) is 19.2. The molecule has 104 valence electrons. The molecule has 1 atom stereocenters. The van der Waals surface area contributed by atoms with Gasteiger partial charge in [-0.1, -0.05) is 0 Å². The summed E-state index contributed by atoms with van der Waals surface area (Å²) in [6.07, 6.45) is 2.90. The number of carbonyl (C=O) groups excluding carboxylic acids is 1. The maximum absolute atomic E-state index is 11.6. The molecule has 0 radical (unpaired) electrons. The van der Waals surface area contributed by atoms with Crippen molar-refractivity contribution >= 4 is 28.3 Å². The van der Waals surface area contributed by atoms with Gasteiger partial charge >= 0.3 is 0 Å². The van der Waals surface area contributed by atoms with E-state index in [0.717, 1.165) is 48.2 Å². The average molecular weight is 270 g/mol. The van der Waals surface area contributed by atoms with Gasteiger partial charge in [0.1, 0.15) is 11.9 Å². The van der Waals surface area contributed by atoms with E-state index in [1.54, 1.807) is 0 Å². The summed E-state index contributed by atoms with van der Waals surface area (Å²) < 4.78 is 0. The molecule has 1 aromatic carbocycles. The molecule has 0 bridgehead atoms.